The fraction of sp³-hybridized carbons (Fsp3) is 0.750. The summed E-state index contributed by atoms with van der Waals surface area (Å²) in [5.41, 5.74) is 1.33. The minimum atomic E-state index is -3.32. The zero-order valence-corrected chi connectivity index (χ0v) is 31.2. The zero-order valence-electron chi connectivity index (χ0n) is 30.4. The summed E-state index contributed by atoms with van der Waals surface area (Å²) in [6.07, 6.45) is 7.65. The number of sulfonamides is 1. The zero-order chi connectivity index (χ0) is 35.7. The Kier molecular flexibility index (Phi) is 11.6. The van der Waals surface area contributed by atoms with Crippen molar-refractivity contribution < 1.29 is 32.1 Å². The van der Waals surface area contributed by atoms with Crippen LogP contribution < -0.4 is 16.0 Å². The van der Waals surface area contributed by atoms with Gasteiger partial charge in [-0.15, -0.1) is 0 Å². The summed E-state index contributed by atoms with van der Waals surface area (Å²) in [7, 11) is -3.95. The third kappa shape index (κ3) is 8.37. The molecule has 1 aromatic rings. The highest BCUT2D eigenvalue weighted by Crippen LogP contribution is 2.65. The van der Waals surface area contributed by atoms with E-state index >= 15 is 0 Å². The molecular formula is C36H57BN4O7S. The molecule has 0 aromatic heterocycles. The molecule has 2 saturated heterocycles. The molecule has 3 aliphatic carbocycles. The van der Waals surface area contributed by atoms with Gasteiger partial charge in [-0.3, -0.25) is 14.4 Å². The fourth-order valence-electron chi connectivity index (χ4n) is 8.55. The highest BCUT2D eigenvalue weighted by molar-refractivity contribution is 7.88. The first-order chi connectivity index (χ1) is 23.0. The Morgan fingerprint density at radius 3 is 2.31 bits per heavy atom. The van der Waals surface area contributed by atoms with E-state index in [1.54, 1.807) is 12.1 Å². The van der Waals surface area contributed by atoms with E-state index in [0.29, 0.717) is 36.7 Å². The molecule has 2 aliphatic heterocycles. The Labute approximate surface area is 293 Å². The number of hydrogen-bond acceptors (Lipinski definition) is 7. The van der Waals surface area contributed by atoms with Crippen molar-refractivity contribution in [3.8, 4) is 0 Å². The van der Waals surface area contributed by atoms with Crippen LogP contribution >= 0.6 is 0 Å². The first kappa shape index (κ1) is 37.8. The molecule has 1 aromatic carbocycles. The van der Waals surface area contributed by atoms with Crippen molar-refractivity contribution in [1.29, 1.82) is 0 Å². The third-order valence-electron chi connectivity index (χ3n) is 11.8. The summed E-state index contributed by atoms with van der Waals surface area (Å²) in [4.78, 5) is 40.8. The minimum absolute atomic E-state index is 0.0370. The number of hydrogen-bond donors (Lipinski definition) is 3. The summed E-state index contributed by atoms with van der Waals surface area (Å²) >= 11 is 0. The summed E-state index contributed by atoms with van der Waals surface area (Å²) in [5.74, 6) is -0.738. The van der Waals surface area contributed by atoms with Crippen molar-refractivity contribution in [2.45, 2.75) is 117 Å². The lowest BCUT2D eigenvalue weighted by atomic mass is 9.43. The average Bonchev–Trinajstić information content (AvgIpc) is 3.42. The van der Waals surface area contributed by atoms with E-state index in [9.17, 15) is 22.8 Å². The molecule has 13 heteroatoms. The molecule has 5 aliphatic rings. The maximum atomic E-state index is 14.1. The molecule has 3 N–H and O–H groups in total. The summed E-state index contributed by atoms with van der Waals surface area (Å²) in [6, 6.07) is 6.33. The number of amides is 3. The first-order valence-electron chi connectivity index (χ1n) is 18.3. The Morgan fingerprint density at radius 2 is 1.71 bits per heavy atom. The van der Waals surface area contributed by atoms with Gasteiger partial charge in [-0.1, -0.05) is 53.2 Å². The summed E-state index contributed by atoms with van der Waals surface area (Å²) in [6.45, 7) is 13.5. The molecule has 0 spiro atoms. The Morgan fingerprint density at radius 1 is 1.04 bits per heavy atom. The van der Waals surface area contributed by atoms with Gasteiger partial charge in [0.25, 0.3) is 5.91 Å². The lowest BCUT2D eigenvalue weighted by Gasteiger charge is -2.64. The number of carbonyl (C=O) groups excluding carboxylic acids is 3. The van der Waals surface area contributed by atoms with E-state index in [1.807, 2.05) is 12.1 Å². The molecule has 3 amide bonds. The van der Waals surface area contributed by atoms with Gasteiger partial charge in [-0.05, 0) is 92.7 Å². The molecule has 6 rings (SSSR count). The molecule has 6 atom stereocenters. The average molecular weight is 701 g/mol. The molecule has 49 heavy (non-hydrogen) atoms. The van der Waals surface area contributed by atoms with Crippen LogP contribution in [0.1, 0.15) is 102 Å². The standard InChI is InChI=1S/C36H57BN4O7S/c1-8-9-10-24-11-13-25(14-12-24)33(43)39-28(22-38-32(42)26-15-17-41(18-16-26)49(7,45)46)34(44)40-31(19-23(2)3)37-47-30-21-27-20-29(35(27,4)5)36(30,6)48-37/h11-14,23,26-31H,8-10,15-22H2,1-7H3,(H,38,42)(H,39,43)(H,40,44)/t27-,28-,29-,30+,31-,36-/m0/s1. The fourth-order valence-corrected chi connectivity index (χ4v) is 9.43. The highest BCUT2D eigenvalue weighted by atomic mass is 32.2. The van der Waals surface area contributed by atoms with Gasteiger partial charge in [0.05, 0.1) is 23.9 Å². The predicted molar refractivity (Wildman–Crippen MR) is 190 cm³/mol. The highest BCUT2D eigenvalue weighted by Gasteiger charge is 2.68. The normalized spacial score (nSPS) is 27.9. The van der Waals surface area contributed by atoms with Crippen LogP contribution in [0.3, 0.4) is 0 Å². The van der Waals surface area contributed by atoms with E-state index in [1.165, 1.54) is 10.6 Å². The van der Waals surface area contributed by atoms with E-state index in [-0.39, 0.29) is 48.9 Å². The smallest absolute Gasteiger partial charge is 0.404 e. The number of rotatable bonds is 14. The SMILES string of the molecule is CCCCc1ccc(C(=O)N[C@@H](CNC(=O)C2CCN(S(C)(=O)=O)CC2)C(=O)N[C@@H](CC(C)C)B2O[C@@H]3C[C@@H]4C[C@@H](C4(C)C)[C@]3(C)O2)cc1. The van der Waals surface area contributed by atoms with Crippen LogP contribution in [0.5, 0.6) is 0 Å². The topological polar surface area (TPSA) is 143 Å². The third-order valence-corrected chi connectivity index (χ3v) is 13.1. The first-order valence-corrected chi connectivity index (χ1v) is 20.1. The number of nitrogens with one attached hydrogen (secondary N) is 3. The van der Waals surface area contributed by atoms with Crippen molar-refractivity contribution in [3.63, 3.8) is 0 Å². The van der Waals surface area contributed by atoms with Crippen LogP contribution in [0.2, 0.25) is 0 Å². The molecule has 0 radical (unpaired) electrons. The number of unbranched alkanes of at least 4 members (excludes halogenated alkanes) is 1. The van der Waals surface area contributed by atoms with Gasteiger partial charge in [0.2, 0.25) is 21.8 Å². The van der Waals surface area contributed by atoms with Gasteiger partial charge >= 0.3 is 7.12 Å². The van der Waals surface area contributed by atoms with Crippen LogP contribution in [0.25, 0.3) is 0 Å². The van der Waals surface area contributed by atoms with Gasteiger partial charge in [-0.2, -0.15) is 0 Å². The number of aryl methyl sites for hydroxylation is 1. The van der Waals surface area contributed by atoms with E-state index in [2.05, 4.69) is 57.5 Å². The lowest BCUT2D eigenvalue weighted by molar-refractivity contribution is -0.199. The minimum Gasteiger partial charge on any atom is -0.404 e. The lowest BCUT2D eigenvalue weighted by Crippen LogP contribution is -2.65. The summed E-state index contributed by atoms with van der Waals surface area (Å²) in [5, 5.41) is 8.91. The largest absolute Gasteiger partial charge is 0.481 e. The van der Waals surface area contributed by atoms with Crippen molar-refractivity contribution >= 4 is 34.9 Å². The second-order valence-electron chi connectivity index (χ2n) is 16.1. The Bertz CT molecular complexity index is 1460. The number of benzene rings is 1. The second-order valence-corrected chi connectivity index (χ2v) is 18.1. The van der Waals surface area contributed by atoms with Crippen LogP contribution in [-0.4, -0.2) is 87.1 Å². The van der Waals surface area contributed by atoms with Crippen molar-refractivity contribution in [2.75, 3.05) is 25.9 Å². The second kappa shape index (κ2) is 15.0. The van der Waals surface area contributed by atoms with Gasteiger partial charge in [0.1, 0.15) is 6.04 Å². The molecule has 5 fully saturated rings. The van der Waals surface area contributed by atoms with Crippen molar-refractivity contribution in [3.05, 3.63) is 35.4 Å². The van der Waals surface area contributed by atoms with E-state index in [0.717, 1.165) is 37.7 Å². The molecule has 0 unspecified atom stereocenters. The molecule has 2 bridgehead atoms. The number of piperidine rings is 1. The molecule has 272 valence electrons. The van der Waals surface area contributed by atoms with Gasteiger partial charge < -0.3 is 25.3 Å². The van der Waals surface area contributed by atoms with Crippen LogP contribution in [-0.2, 0) is 35.3 Å². The van der Waals surface area contributed by atoms with Crippen molar-refractivity contribution in [2.24, 2.45) is 29.1 Å². The number of carbonyl (C=O) groups is 3. The monoisotopic (exact) mass is 700 g/mol. The molecule has 11 nitrogen and oxygen atoms in total. The maximum absolute atomic E-state index is 14.1. The summed E-state index contributed by atoms with van der Waals surface area (Å²) < 4.78 is 38.6. The Balaban J connectivity index is 1.29. The Hall–Kier alpha value is -2.48. The predicted octanol–water partition coefficient (Wildman–Crippen LogP) is 3.71. The quantitative estimate of drug-likeness (QED) is 0.251. The van der Waals surface area contributed by atoms with Crippen LogP contribution in [0.4, 0.5) is 0 Å². The van der Waals surface area contributed by atoms with E-state index in [4.69, 9.17) is 9.31 Å². The molecular weight excluding hydrogens is 643 g/mol. The molecule has 2 heterocycles. The van der Waals surface area contributed by atoms with Gasteiger partial charge in [0.15, 0.2) is 0 Å². The van der Waals surface area contributed by atoms with Crippen LogP contribution in [0, 0.1) is 29.1 Å². The van der Waals surface area contributed by atoms with Gasteiger partial charge in [-0.25, -0.2) is 12.7 Å². The van der Waals surface area contributed by atoms with E-state index < -0.39 is 46.5 Å². The molecule has 3 saturated carbocycles. The van der Waals surface area contributed by atoms with Crippen LogP contribution in [0.15, 0.2) is 24.3 Å². The van der Waals surface area contributed by atoms with Gasteiger partial charge in [0, 0.05) is 31.1 Å². The maximum Gasteiger partial charge on any atom is 0.481 e. The number of nitrogens with zero attached hydrogens (tertiary/aromatic N) is 1. The van der Waals surface area contributed by atoms with Crippen molar-refractivity contribution in [1.82, 2.24) is 20.3 Å².